The molecule has 2 aromatic heterocycles. The summed E-state index contributed by atoms with van der Waals surface area (Å²) in [6.45, 7) is 0. The molecule has 0 unspecified atom stereocenters. The molecule has 2 heterocycles. The van der Waals surface area contributed by atoms with Gasteiger partial charge in [0.15, 0.2) is 5.82 Å². The maximum Gasteiger partial charge on any atom is 0.269 e. The maximum atomic E-state index is 10.6. The second-order valence-corrected chi connectivity index (χ2v) is 5.36. The van der Waals surface area contributed by atoms with E-state index in [2.05, 4.69) is 20.2 Å². The molecule has 0 amide bonds. The molecule has 0 spiro atoms. The lowest BCUT2D eigenvalue weighted by Crippen LogP contribution is -1.88. The van der Waals surface area contributed by atoms with E-state index in [0.29, 0.717) is 16.7 Å². The van der Waals surface area contributed by atoms with Crippen LogP contribution in [0.3, 0.4) is 0 Å². The molecule has 0 fully saturated rings. The van der Waals surface area contributed by atoms with Gasteiger partial charge in [0.05, 0.1) is 4.92 Å². The number of H-pyrrole nitrogens is 1. The van der Waals surface area contributed by atoms with E-state index < -0.39 is 4.92 Å². The number of rotatable bonds is 5. The van der Waals surface area contributed by atoms with Crippen LogP contribution in [0.25, 0.3) is 11.4 Å². The SMILES string of the molecule is O=[N+]([O-])c1ccc(CSc2n[nH]c(-c3cccnc3)n2)cc1. The van der Waals surface area contributed by atoms with E-state index in [1.54, 1.807) is 24.5 Å². The largest absolute Gasteiger partial charge is 0.269 e. The summed E-state index contributed by atoms with van der Waals surface area (Å²) >= 11 is 1.46. The summed E-state index contributed by atoms with van der Waals surface area (Å²) in [5, 5.41) is 18.2. The number of nitro benzene ring substituents is 1. The molecule has 0 saturated heterocycles. The Morgan fingerprint density at radius 2 is 2.05 bits per heavy atom. The lowest BCUT2D eigenvalue weighted by molar-refractivity contribution is -0.384. The normalized spacial score (nSPS) is 10.5. The average molecular weight is 313 g/mol. The van der Waals surface area contributed by atoms with Crippen molar-refractivity contribution in [2.45, 2.75) is 10.9 Å². The second-order valence-electron chi connectivity index (χ2n) is 4.42. The van der Waals surface area contributed by atoms with Crippen LogP contribution in [0.1, 0.15) is 5.56 Å². The van der Waals surface area contributed by atoms with Crippen molar-refractivity contribution in [1.82, 2.24) is 20.2 Å². The minimum Gasteiger partial charge on any atom is -0.264 e. The third-order valence-electron chi connectivity index (χ3n) is 2.91. The third kappa shape index (κ3) is 3.29. The van der Waals surface area contributed by atoms with Gasteiger partial charge >= 0.3 is 0 Å². The molecule has 22 heavy (non-hydrogen) atoms. The van der Waals surface area contributed by atoms with Crippen molar-refractivity contribution in [2.24, 2.45) is 0 Å². The predicted molar refractivity (Wildman–Crippen MR) is 82.3 cm³/mol. The first kappa shape index (κ1) is 14.2. The van der Waals surface area contributed by atoms with Crippen molar-refractivity contribution in [3.05, 3.63) is 64.5 Å². The van der Waals surface area contributed by atoms with E-state index in [1.807, 2.05) is 12.1 Å². The molecule has 3 rings (SSSR count). The molecule has 8 heteroatoms. The first-order valence-electron chi connectivity index (χ1n) is 6.41. The first-order valence-corrected chi connectivity index (χ1v) is 7.40. The molecule has 7 nitrogen and oxygen atoms in total. The Balaban J connectivity index is 1.65. The van der Waals surface area contributed by atoms with Crippen molar-refractivity contribution in [3.8, 4) is 11.4 Å². The highest BCUT2D eigenvalue weighted by Crippen LogP contribution is 2.23. The standard InChI is InChI=1S/C14H11N5O2S/c20-19(21)12-5-3-10(4-6-12)9-22-14-16-13(17-18-14)11-2-1-7-15-8-11/h1-8H,9H2,(H,16,17,18). The monoisotopic (exact) mass is 313 g/mol. The van der Waals surface area contributed by atoms with E-state index in [1.165, 1.54) is 23.9 Å². The minimum absolute atomic E-state index is 0.0884. The molecule has 110 valence electrons. The molecule has 0 aliphatic carbocycles. The topological polar surface area (TPSA) is 97.6 Å². The Morgan fingerprint density at radius 1 is 1.23 bits per heavy atom. The first-order chi connectivity index (χ1) is 10.7. The van der Waals surface area contributed by atoms with Crippen LogP contribution in [0, 0.1) is 10.1 Å². The molecule has 0 aliphatic heterocycles. The van der Waals surface area contributed by atoms with Crippen LogP contribution in [-0.2, 0) is 5.75 Å². The average Bonchev–Trinajstić information content (AvgIpc) is 3.03. The summed E-state index contributed by atoms with van der Waals surface area (Å²) in [5.41, 5.74) is 1.94. The number of benzene rings is 1. The quantitative estimate of drug-likeness (QED) is 0.441. The summed E-state index contributed by atoms with van der Waals surface area (Å²) in [6.07, 6.45) is 3.41. The molecule has 0 radical (unpaired) electrons. The van der Waals surface area contributed by atoms with Crippen molar-refractivity contribution in [3.63, 3.8) is 0 Å². The number of pyridine rings is 1. The Labute approximate surface area is 130 Å². The van der Waals surface area contributed by atoms with Crippen LogP contribution < -0.4 is 0 Å². The van der Waals surface area contributed by atoms with Gasteiger partial charge in [0.2, 0.25) is 5.16 Å². The second kappa shape index (κ2) is 6.35. The van der Waals surface area contributed by atoms with Gasteiger partial charge in [-0.3, -0.25) is 20.2 Å². The Hall–Kier alpha value is -2.74. The van der Waals surface area contributed by atoms with Gasteiger partial charge in [-0.2, -0.15) is 0 Å². The predicted octanol–water partition coefficient (Wildman–Crippen LogP) is 3.07. The maximum absolute atomic E-state index is 10.6. The van der Waals surface area contributed by atoms with E-state index in [-0.39, 0.29) is 5.69 Å². The molecule has 3 aromatic rings. The Morgan fingerprint density at radius 3 is 2.73 bits per heavy atom. The van der Waals surface area contributed by atoms with Crippen molar-refractivity contribution >= 4 is 17.4 Å². The van der Waals surface area contributed by atoms with Crippen LogP contribution in [0.4, 0.5) is 5.69 Å². The number of hydrogen-bond donors (Lipinski definition) is 1. The van der Waals surface area contributed by atoms with E-state index in [4.69, 9.17) is 0 Å². The van der Waals surface area contributed by atoms with Gasteiger partial charge in [0, 0.05) is 35.8 Å². The smallest absolute Gasteiger partial charge is 0.264 e. The lowest BCUT2D eigenvalue weighted by atomic mass is 10.2. The van der Waals surface area contributed by atoms with Crippen LogP contribution in [0.2, 0.25) is 0 Å². The van der Waals surface area contributed by atoms with E-state index in [0.717, 1.165) is 11.1 Å². The molecule has 1 aromatic carbocycles. The molecule has 1 N–H and O–H groups in total. The number of hydrogen-bond acceptors (Lipinski definition) is 6. The number of nitro groups is 1. The fourth-order valence-corrected chi connectivity index (χ4v) is 2.56. The highest BCUT2D eigenvalue weighted by Gasteiger charge is 2.08. The van der Waals surface area contributed by atoms with Crippen LogP contribution in [-0.4, -0.2) is 25.1 Å². The zero-order valence-corrected chi connectivity index (χ0v) is 12.2. The summed E-state index contributed by atoms with van der Waals surface area (Å²) in [5.74, 6) is 1.31. The zero-order valence-electron chi connectivity index (χ0n) is 11.3. The zero-order chi connectivity index (χ0) is 15.4. The van der Waals surface area contributed by atoms with Gasteiger partial charge in [-0.25, -0.2) is 4.98 Å². The molecule has 0 bridgehead atoms. The number of nitrogens with one attached hydrogen (secondary N) is 1. The summed E-state index contributed by atoms with van der Waals surface area (Å²) < 4.78 is 0. The minimum atomic E-state index is -0.410. The molecule has 0 saturated carbocycles. The van der Waals surface area contributed by atoms with Crippen molar-refractivity contribution in [2.75, 3.05) is 0 Å². The summed E-state index contributed by atoms with van der Waals surface area (Å²) in [7, 11) is 0. The Kier molecular flexibility index (Phi) is 4.10. The van der Waals surface area contributed by atoms with Gasteiger partial charge in [-0.05, 0) is 17.7 Å². The number of non-ortho nitro benzene ring substituents is 1. The third-order valence-corrected chi connectivity index (χ3v) is 3.83. The van der Waals surface area contributed by atoms with Gasteiger partial charge in [0.25, 0.3) is 5.69 Å². The molecular weight excluding hydrogens is 302 g/mol. The summed E-state index contributed by atoms with van der Waals surface area (Å²) in [6, 6.07) is 10.2. The van der Waals surface area contributed by atoms with Gasteiger partial charge < -0.3 is 0 Å². The lowest BCUT2D eigenvalue weighted by Gasteiger charge is -1.98. The van der Waals surface area contributed by atoms with E-state index >= 15 is 0 Å². The number of aromatic amines is 1. The Bertz CT molecular complexity index is 773. The van der Waals surface area contributed by atoms with Gasteiger partial charge in [-0.1, -0.05) is 23.9 Å². The van der Waals surface area contributed by atoms with Gasteiger partial charge in [-0.15, -0.1) is 5.10 Å². The van der Waals surface area contributed by atoms with Crippen LogP contribution in [0.5, 0.6) is 0 Å². The number of nitrogens with zero attached hydrogens (tertiary/aromatic N) is 4. The molecular formula is C14H11N5O2S. The number of aromatic nitrogens is 4. The fourth-order valence-electron chi connectivity index (χ4n) is 1.80. The van der Waals surface area contributed by atoms with Crippen molar-refractivity contribution in [1.29, 1.82) is 0 Å². The van der Waals surface area contributed by atoms with Crippen molar-refractivity contribution < 1.29 is 4.92 Å². The molecule has 0 aliphatic rings. The van der Waals surface area contributed by atoms with Crippen LogP contribution >= 0.6 is 11.8 Å². The fraction of sp³-hybridized carbons (Fsp3) is 0.0714. The molecule has 0 atom stereocenters. The highest BCUT2D eigenvalue weighted by molar-refractivity contribution is 7.98. The van der Waals surface area contributed by atoms with Gasteiger partial charge in [0.1, 0.15) is 0 Å². The summed E-state index contributed by atoms with van der Waals surface area (Å²) in [4.78, 5) is 18.6. The highest BCUT2D eigenvalue weighted by atomic mass is 32.2. The number of thioether (sulfide) groups is 1. The van der Waals surface area contributed by atoms with Crippen LogP contribution in [0.15, 0.2) is 53.9 Å². The van der Waals surface area contributed by atoms with E-state index in [9.17, 15) is 10.1 Å².